The molecule has 1 aliphatic rings. The average molecular weight is 368 g/mol. The predicted octanol–water partition coefficient (Wildman–Crippen LogP) is 7.26. The molecule has 0 bridgehead atoms. The number of hydrogen-bond acceptors (Lipinski definition) is 1. The van der Waals surface area contributed by atoms with Gasteiger partial charge in [0, 0.05) is 23.8 Å². The van der Waals surface area contributed by atoms with Crippen molar-refractivity contribution < 1.29 is 6.22 Å². The molecule has 0 saturated heterocycles. The minimum atomic E-state index is -0.149. The van der Waals surface area contributed by atoms with Gasteiger partial charge >= 0.3 is 0 Å². The first-order valence-corrected chi connectivity index (χ1v) is 9.66. The van der Waals surface area contributed by atoms with Crippen LogP contribution in [-0.2, 0) is 4.79 Å². The molecule has 1 aliphatic heterocycles. The molecule has 148 valence electrons. The third-order valence-corrected chi connectivity index (χ3v) is 3.46. The summed E-state index contributed by atoms with van der Waals surface area (Å²) in [6, 6.07) is 13.7. The molecule has 1 heterocycles. The number of rotatable bonds is 0. The Labute approximate surface area is 168 Å². The predicted molar refractivity (Wildman–Crippen MR) is 124 cm³/mol. The maximum absolute atomic E-state index is 11.2. The average Bonchev–Trinajstić information content (AvgIpc) is 3.02. The molecule has 0 atom stereocenters. The van der Waals surface area contributed by atoms with Gasteiger partial charge in [-0.1, -0.05) is 78.3 Å². The van der Waals surface area contributed by atoms with E-state index in [4.69, 9.17) is 6.42 Å². The number of fused-ring (bicyclic) bond motifs is 1. The summed E-state index contributed by atoms with van der Waals surface area (Å²) in [6.45, 7) is 19.9. The molecule has 0 radical (unpaired) electrons. The van der Waals surface area contributed by atoms with Gasteiger partial charge in [0.2, 0.25) is 0 Å². The Balaban J connectivity index is -0.000000362. The molecule has 0 aliphatic carbocycles. The SMILES string of the molecule is C#Cc1ccc2c(c1)C(=C)C(=O)N2.CC.CC.CC.Cc1ccccc1C.[HH]. The Bertz CT molecular complexity index is 736. The number of nitrogens with one attached hydrogen (secondary N) is 1. The lowest BCUT2D eigenvalue weighted by atomic mass is 10.1. The van der Waals surface area contributed by atoms with Crippen LogP contribution in [0.3, 0.4) is 0 Å². The second kappa shape index (κ2) is 15.5. The van der Waals surface area contributed by atoms with E-state index in [0.717, 1.165) is 16.8 Å². The zero-order valence-electron chi connectivity index (χ0n) is 18.2. The van der Waals surface area contributed by atoms with Crippen LogP contribution in [0, 0.1) is 26.2 Å². The summed E-state index contributed by atoms with van der Waals surface area (Å²) < 4.78 is 0. The number of terminal acetylenes is 1. The van der Waals surface area contributed by atoms with Crippen molar-refractivity contribution in [3.05, 3.63) is 71.3 Å². The zero-order chi connectivity index (χ0) is 21.4. The number of aryl methyl sites for hydroxylation is 2. The van der Waals surface area contributed by atoms with Crippen LogP contribution in [0.5, 0.6) is 0 Å². The highest BCUT2D eigenvalue weighted by Gasteiger charge is 2.21. The highest BCUT2D eigenvalue weighted by molar-refractivity contribution is 6.31. The first-order valence-electron chi connectivity index (χ1n) is 9.66. The van der Waals surface area contributed by atoms with Gasteiger partial charge in [0.1, 0.15) is 0 Å². The molecule has 0 unspecified atom stereocenters. The van der Waals surface area contributed by atoms with Crippen LogP contribution in [0.1, 0.15) is 65.2 Å². The largest absolute Gasteiger partial charge is 0.321 e. The number of benzene rings is 2. The van der Waals surface area contributed by atoms with E-state index in [1.807, 2.05) is 41.5 Å². The second-order valence-electron chi connectivity index (χ2n) is 4.92. The summed E-state index contributed by atoms with van der Waals surface area (Å²) in [5.41, 5.74) is 5.57. The van der Waals surface area contributed by atoms with Gasteiger partial charge < -0.3 is 5.32 Å². The summed E-state index contributed by atoms with van der Waals surface area (Å²) in [5.74, 6) is 2.36. The van der Waals surface area contributed by atoms with Crippen molar-refractivity contribution in [1.82, 2.24) is 0 Å². The number of anilines is 1. The molecule has 2 heteroatoms. The van der Waals surface area contributed by atoms with Gasteiger partial charge in [-0.15, -0.1) is 6.42 Å². The maximum atomic E-state index is 11.2. The van der Waals surface area contributed by atoms with Crippen LogP contribution < -0.4 is 5.32 Å². The molecule has 0 saturated carbocycles. The lowest BCUT2D eigenvalue weighted by Crippen LogP contribution is -2.02. The molecule has 2 aromatic carbocycles. The highest BCUT2D eigenvalue weighted by atomic mass is 16.1. The van der Waals surface area contributed by atoms with E-state index in [0.29, 0.717) is 5.57 Å². The normalized spacial score (nSPS) is 9.89. The molecule has 27 heavy (non-hydrogen) atoms. The molecule has 0 fully saturated rings. The van der Waals surface area contributed by atoms with Crippen molar-refractivity contribution in [1.29, 1.82) is 0 Å². The fourth-order valence-corrected chi connectivity index (χ4v) is 1.98. The minimum Gasteiger partial charge on any atom is -0.321 e. The molecular weight excluding hydrogens is 330 g/mol. The van der Waals surface area contributed by atoms with E-state index >= 15 is 0 Å². The Kier molecular flexibility index (Phi) is 15.1. The van der Waals surface area contributed by atoms with Gasteiger partial charge in [-0.2, -0.15) is 0 Å². The highest BCUT2D eigenvalue weighted by Crippen LogP contribution is 2.30. The lowest BCUT2D eigenvalue weighted by molar-refractivity contribution is -0.110. The van der Waals surface area contributed by atoms with E-state index in [9.17, 15) is 4.79 Å². The van der Waals surface area contributed by atoms with E-state index in [1.165, 1.54) is 11.1 Å². The van der Waals surface area contributed by atoms with Crippen molar-refractivity contribution >= 4 is 17.2 Å². The van der Waals surface area contributed by atoms with Gasteiger partial charge in [0.05, 0.1) is 0 Å². The monoisotopic (exact) mass is 367 g/mol. The molecular formula is C25H37NO. The van der Waals surface area contributed by atoms with E-state index in [-0.39, 0.29) is 7.33 Å². The maximum Gasteiger partial charge on any atom is 0.255 e. The fraction of sp³-hybridized carbons (Fsp3) is 0.320. The first-order chi connectivity index (χ1) is 13.0. The first kappa shape index (κ1) is 26.4. The van der Waals surface area contributed by atoms with Crippen molar-refractivity contribution in [2.75, 3.05) is 5.32 Å². The van der Waals surface area contributed by atoms with Gasteiger partial charge in [0.25, 0.3) is 5.91 Å². The lowest BCUT2D eigenvalue weighted by Gasteiger charge is -1.97. The third kappa shape index (κ3) is 8.42. The van der Waals surface area contributed by atoms with E-state index in [1.54, 1.807) is 18.2 Å². The minimum absolute atomic E-state index is 0. The Hall–Kier alpha value is -2.79. The van der Waals surface area contributed by atoms with Crippen LogP contribution in [-0.4, -0.2) is 5.91 Å². The van der Waals surface area contributed by atoms with Gasteiger partial charge in [-0.05, 0) is 43.2 Å². The number of hydrogen-bond donors (Lipinski definition) is 1. The number of carbonyl (C=O) groups is 1. The van der Waals surface area contributed by atoms with Crippen LogP contribution in [0.2, 0.25) is 0 Å². The molecule has 1 amide bonds. The fourth-order valence-electron chi connectivity index (χ4n) is 1.98. The zero-order valence-corrected chi connectivity index (χ0v) is 18.2. The van der Waals surface area contributed by atoms with Gasteiger partial charge in [-0.25, -0.2) is 0 Å². The second-order valence-corrected chi connectivity index (χ2v) is 4.92. The standard InChI is InChI=1S/C11H7NO.C8H10.3C2H6.H2/c1-3-8-4-5-10-9(6-8)7(2)11(13)12-10;1-7-5-3-4-6-8(7)2;3*1-2;/h1,4-6H,2H2,(H,12,13);3-6H,1-2H3;3*1-2H3;1H. The van der Waals surface area contributed by atoms with Crippen LogP contribution in [0.15, 0.2) is 49.0 Å². The quantitative estimate of drug-likeness (QED) is 0.385. The van der Waals surface area contributed by atoms with Crippen LogP contribution in [0.4, 0.5) is 5.69 Å². The smallest absolute Gasteiger partial charge is 0.255 e. The van der Waals surface area contributed by atoms with Crippen LogP contribution in [0.25, 0.3) is 5.57 Å². The summed E-state index contributed by atoms with van der Waals surface area (Å²) in [5, 5.41) is 2.69. The number of amides is 1. The van der Waals surface area contributed by atoms with E-state index in [2.05, 4.69) is 55.9 Å². The van der Waals surface area contributed by atoms with Gasteiger partial charge in [0.15, 0.2) is 0 Å². The van der Waals surface area contributed by atoms with Crippen molar-refractivity contribution in [3.63, 3.8) is 0 Å². The van der Waals surface area contributed by atoms with Gasteiger partial charge in [-0.3, -0.25) is 4.79 Å². The molecule has 2 aromatic rings. The van der Waals surface area contributed by atoms with E-state index < -0.39 is 0 Å². The molecule has 2 nitrogen and oxygen atoms in total. The number of carbonyl (C=O) groups excluding carboxylic acids is 1. The van der Waals surface area contributed by atoms with Crippen LogP contribution >= 0.6 is 0 Å². The Morgan fingerprint density at radius 1 is 0.926 bits per heavy atom. The van der Waals surface area contributed by atoms with Crippen molar-refractivity contribution in [2.45, 2.75) is 55.4 Å². The Morgan fingerprint density at radius 2 is 1.41 bits per heavy atom. The molecule has 0 spiro atoms. The summed E-state index contributed by atoms with van der Waals surface area (Å²) in [7, 11) is 0. The van der Waals surface area contributed by atoms with Crippen molar-refractivity contribution in [3.8, 4) is 12.3 Å². The summed E-state index contributed by atoms with van der Waals surface area (Å²) in [6.07, 6.45) is 5.24. The van der Waals surface area contributed by atoms with Crippen molar-refractivity contribution in [2.24, 2.45) is 0 Å². The Morgan fingerprint density at radius 3 is 1.81 bits per heavy atom. The topological polar surface area (TPSA) is 29.1 Å². The molecule has 1 N–H and O–H groups in total. The summed E-state index contributed by atoms with van der Waals surface area (Å²) in [4.78, 5) is 11.2. The summed E-state index contributed by atoms with van der Waals surface area (Å²) >= 11 is 0. The molecule has 0 aromatic heterocycles. The molecule has 3 rings (SSSR count). The third-order valence-electron chi connectivity index (χ3n) is 3.46.